The van der Waals surface area contributed by atoms with Gasteiger partial charge in [-0.2, -0.15) is 21.6 Å². The van der Waals surface area contributed by atoms with Crippen LogP contribution in [-0.4, -0.2) is 13.9 Å². The average molecular weight is 252 g/mol. The van der Waals surface area contributed by atoms with Gasteiger partial charge in [0.05, 0.1) is 0 Å². The molecular weight excluding hydrogens is 245 g/mol. The van der Waals surface area contributed by atoms with Crippen molar-refractivity contribution in [1.82, 2.24) is 0 Å². The summed E-state index contributed by atoms with van der Waals surface area (Å²) in [5.41, 5.74) is -5.29. The van der Waals surface area contributed by atoms with Crippen LogP contribution in [0.15, 0.2) is 36.9 Å². The molecule has 0 saturated carbocycles. The van der Waals surface area contributed by atoms with Crippen LogP contribution in [0.25, 0.3) is 5.76 Å². The Hall–Kier alpha value is -1.50. The summed E-state index contributed by atoms with van der Waals surface area (Å²) in [6.07, 6.45) is 0. The van der Waals surface area contributed by atoms with Gasteiger partial charge in [0.2, 0.25) is 0 Å². The SMILES string of the molecule is C=C(OS(=O)(=O)C(F)(F)F)c1ccccc1. The number of hydrogen-bond acceptors (Lipinski definition) is 3. The Balaban J connectivity index is 2.89. The van der Waals surface area contributed by atoms with Gasteiger partial charge < -0.3 is 4.18 Å². The molecule has 3 nitrogen and oxygen atoms in total. The molecule has 0 N–H and O–H groups in total. The molecule has 0 spiro atoms. The van der Waals surface area contributed by atoms with E-state index >= 15 is 0 Å². The van der Waals surface area contributed by atoms with Gasteiger partial charge in [0.1, 0.15) is 5.76 Å². The van der Waals surface area contributed by atoms with E-state index in [0.717, 1.165) is 0 Å². The van der Waals surface area contributed by atoms with Crippen molar-refractivity contribution < 1.29 is 25.8 Å². The molecular formula is C9H7F3O3S. The Morgan fingerprint density at radius 1 is 1.19 bits per heavy atom. The van der Waals surface area contributed by atoms with Crippen molar-refractivity contribution in [2.75, 3.05) is 0 Å². The lowest BCUT2D eigenvalue weighted by Crippen LogP contribution is -2.24. The second-order valence-electron chi connectivity index (χ2n) is 2.77. The predicted octanol–water partition coefficient (Wildman–Crippen LogP) is 2.52. The fourth-order valence-corrected chi connectivity index (χ4v) is 1.31. The summed E-state index contributed by atoms with van der Waals surface area (Å²) in [6.45, 7) is 3.12. The molecule has 0 aliphatic heterocycles. The van der Waals surface area contributed by atoms with E-state index in [9.17, 15) is 21.6 Å². The summed E-state index contributed by atoms with van der Waals surface area (Å²) >= 11 is 0. The van der Waals surface area contributed by atoms with Crippen LogP contribution < -0.4 is 0 Å². The highest BCUT2D eigenvalue weighted by molar-refractivity contribution is 7.87. The molecule has 0 aliphatic carbocycles. The lowest BCUT2D eigenvalue weighted by atomic mass is 10.2. The van der Waals surface area contributed by atoms with E-state index in [1.54, 1.807) is 6.07 Å². The van der Waals surface area contributed by atoms with Crippen LogP contribution in [0.3, 0.4) is 0 Å². The molecule has 0 atom stereocenters. The summed E-state index contributed by atoms with van der Waals surface area (Å²) in [6, 6.07) is 7.42. The molecule has 16 heavy (non-hydrogen) atoms. The normalized spacial score (nSPS) is 12.2. The third-order valence-electron chi connectivity index (χ3n) is 1.59. The molecule has 0 unspecified atom stereocenters. The van der Waals surface area contributed by atoms with Gasteiger partial charge in [-0.05, 0) is 0 Å². The highest BCUT2D eigenvalue weighted by atomic mass is 32.2. The van der Waals surface area contributed by atoms with E-state index in [0.29, 0.717) is 0 Å². The molecule has 1 aromatic carbocycles. The zero-order valence-corrected chi connectivity index (χ0v) is 8.68. The molecule has 0 aromatic heterocycles. The summed E-state index contributed by atoms with van der Waals surface area (Å²) in [5, 5.41) is 0. The minimum absolute atomic E-state index is 0.162. The third kappa shape index (κ3) is 2.75. The van der Waals surface area contributed by atoms with Gasteiger partial charge in [-0.25, -0.2) is 0 Å². The number of halogens is 3. The molecule has 0 heterocycles. The Bertz CT molecular complexity index is 476. The minimum Gasteiger partial charge on any atom is -0.376 e. The van der Waals surface area contributed by atoms with Gasteiger partial charge in [0.25, 0.3) is 0 Å². The maximum absolute atomic E-state index is 12.0. The van der Waals surface area contributed by atoms with E-state index < -0.39 is 21.4 Å². The fraction of sp³-hybridized carbons (Fsp3) is 0.111. The lowest BCUT2D eigenvalue weighted by Gasteiger charge is -2.11. The van der Waals surface area contributed by atoms with Crippen LogP contribution in [0.2, 0.25) is 0 Å². The quantitative estimate of drug-likeness (QED) is 0.471. The van der Waals surface area contributed by atoms with Crippen molar-refractivity contribution in [3.05, 3.63) is 42.5 Å². The van der Waals surface area contributed by atoms with Gasteiger partial charge in [-0.3, -0.25) is 0 Å². The second kappa shape index (κ2) is 4.17. The summed E-state index contributed by atoms with van der Waals surface area (Å²) in [4.78, 5) is 0. The Kier molecular flexibility index (Phi) is 3.27. The van der Waals surface area contributed by atoms with Crippen molar-refractivity contribution in [3.8, 4) is 0 Å². The van der Waals surface area contributed by atoms with E-state index in [1.807, 2.05) is 0 Å². The third-order valence-corrected chi connectivity index (χ3v) is 2.58. The number of hydrogen-bond donors (Lipinski definition) is 0. The van der Waals surface area contributed by atoms with Gasteiger partial charge >= 0.3 is 15.6 Å². The van der Waals surface area contributed by atoms with Crippen molar-refractivity contribution in [2.45, 2.75) is 5.51 Å². The van der Waals surface area contributed by atoms with Crippen molar-refractivity contribution in [2.24, 2.45) is 0 Å². The van der Waals surface area contributed by atoms with Crippen molar-refractivity contribution >= 4 is 15.9 Å². The number of rotatable bonds is 3. The Morgan fingerprint density at radius 3 is 2.12 bits per heavy atom. The summed E-state index contributed by atoms with van der Waals surface area (Å²) in [5.74, 6) is -0.571. The fourth-order valence-electron chi connectivity index (χ4n) is 0.852. The predicted molar refractivity (Wildman–Crippen MR) is 51.5 cm³/mol. The largest absolute Gasteiger partial charge is 0.534 e. The molecule has 0 bridgehead atoms. The Labute approximate surface area is 90.3 Å². The van der Waals surface area contributed by atoms with Gasteiger partial charge in [0.15, 0.2) is 0 Å². The highest BCUT2D eigenvalue weighted by Gasteiger charge is 2.48. The van der Waals surface area contributed by atoms with Crippen LogP contribution in [0.4, 0.5) is 13.2 Å². The molecule has 0 fully saturated rings. The molecule has 88 valence electrons. The van der Waals surface area contributed by atoms with Crippen molar-refractivity contribution in [3.63, 3.8) is 0 Å². The summed E-state index contributed by atoms with van der Waals surface area (Å²) < 4.78 is 61.0. The molecule has 0 radical (unpaired) electrons. The minimum atomic E-state index is -5.64. The first-order valence-electron chi connectivity index (χ1n) is 3.99. The zero-order valence-electron chi connectivity index (χ0n) is 7.86. The zero-order chi connectivity index (χ0) is 12.4. The number of alkyl halides is 3. The first-order chi connectivity index (χ1) is 7.24. The number of benzene rings is 1. The molecule has 1 aromatic rings. The molecule has 1 rings (SSSR count). The van der Waals surface area contributed by atoms with Crippen molar-refractivity contribution in [1.29, 1.82) is 0 Å². The van der Waals surface area contributed by atoms with Gasteiger partial charge in [0, 0.05) is 5.56 Å². The summed E-state index contributed by atoms with van der Waals surface area (Å²) in [7, 11) is -5.64. The second-order valence-corrected chi connectivity index (χ2v) is 4.31. The van der Waals surface area contributed by atoms with E-state index in [2.05, 4.69) is 10.8 Å². The van der Waals surface area contributed by atoms with E-state index in [-0.39, 0.29) is 5.56 Å². The van der Waals surface area contributed by atoms with E-state index in [1.165, 1.54) is 24.3 Å². The molecule has 0 amide bonds. The smallest absolute Gasteiger partial charge is 0.376 e. The van der Waals surface area contributed by atoms with Gasteiger partial charge in [-0.15, -0.1) is 0 Å². The topological polar surface area (TPSA) is 43.4 Å². The maximum Gasteiger partial charge on any atom is 0.534 e. The molecule has 0 saturated heterocycles. The molecule has 0 aliphatic rings. The average Bonchev–Trinajstić information content (AvgIpc) is 2.16. The first-order valence-corrected chi connectivity index (χ1v) is 5.40. The van der Waals surface area contributed by atoms with Crippen LogP contribution in [0, 0.1) is 0 Å². The molecule has 7 heteroatoms. The first kappa shape index (κ1) is 12.6. The highest BCUT2D eigenvalue weighted by Crippen LogP contribution is 2.28. The van der Waals surface area contributed by atoms with Crippen LogP contribution in [-0.2, 0) is 14.3 Å². The van der Waals surface area contributed by atoms with E-state index in [4.69, 9.17) is 0 Å². The standard InChI is InChI=1S/C9H7F3O3S/c1-7(8-5-3-2-4-6-8)15-16(13,14)9(10,11)12/h2-6H,1H2. The van der Waals surface area contributed by atoms with Crippen LogP contribution in [0.1, 0.15) is 5.56 Å². The maximum atomic E-state index is 12.0. The van der Waals surface area contributed by atoms with Crippen LogP contribution >= 0.6 is 0 Å². The monoisotopic (exact) mass is 252 g/mol. The lowest BCUT2D eigenvalue weighted by molar-refractivity contribution is -0.0509. The Morgan fingerprint density at radius 2 is 1.69 bits per heavy atom. The van der Waals surface area contributed by atoms with Gasteiger partial charge in [-0.1, -0.05) is 36.9 Å². The van der Waals surface area contributed by atoms with Crippen LogP contribution in [0.5, 0.6) is 0 Å².